The van der Waals surface area contributed by atoms with Crippen molar-refractivity contribution >= 4 is 11.8 Å². The SMILES string of the molecule is COc1ncc(-c2ccccc2)cc1NC(=O)OCc1ccccc1. The molecule has 3 aromatic rings. The van der Waals surface area contributed by atoms with Crippen molar-refractivity contribution in [2.24, 2.45) is 0 Å². The third-order valence-corrected chi connectivity index (χ3v) is 3.60. The lowest BCUT2D eigenvalue weighted by molar-refractivity contribution is 0.155. The van der Waals surface area contributed by atoms with Crippen LogP contribution in [0, 0.1) is 0 Å². The number of anilines is 1. The quantitative estimate of drug-likeness (QED) is 0.746. The smallest absolute Gasteiger partial charge is 0.412 e. The molecule has 1 N–H and O–H groups in total. The van der Waals surface area contributed by atoms with E-state index < -0.39 is 6.09 Å². The number of nitrogens with one attached hydrogen (secondary N) is 1. The Balaban J connectivity index is 1.73. The summed E-state index contributed by atoms with van der Waals surface area (Å²) in [5, 5.41) is 2.69. The lowest BCUT2D eigenvalue weighted by Gasteiger charge is -2.11. The lowest BCUT2D eigenvalue weighted by Crippen LogP contribution is -2.14. The van der Waals surface area contributed by atoms with Crippen molar-refractivity contribution in [3.05, 3.63) is 78.5 Å². The van der Waals surface area contributed by atoms with E-state index in [1.807, 2.05) is 66.7 Å². The first-order valence-electron chi connectivity index (χ1n) is 7.83. The monoisotopic (exact) mass is 334 g/mol. The second-order valence-corrected chi connectivity index (χ2v) is 5.33. The molecule has 0 bridgehead atoms. The maximum Gasteiger partial charge on any atom is 0.412 e. The molecular weight excluding hydrogens is 316 g/mol. The van der Waals surface area contributed by atoms with E-state index in [-0.39, 0.29) is 6.61 Å². The molecule has 25 heavy (non-hydrogen) atoms. The fraction of sp³-hybridized carbons (Fsp3) is 0.100. The number of carbonyl (C=O) groups excluding carboxylic acids is 1. The molecule has 0 aliphatic rings. The summed E-state index contributed by atoms with van der Waals surface area (Å²) >= 11 is 0. The Morgan fingerprint density at radius 1 is 1.00 bits per heavy atom. The molecule has 1 aromatic heterocycles. The van der Waals surface area contributed by atoms with E-state index >= 15 is 0 Å². The Kier molecular flexibility index (Phi) is 5.26. The van der Waals surface area contributed by atoms with E-state index in [4.69, 9.17) is 9.47 Å². The zero-order valence-corrected chi connectivity index (χ0v) is 13.8. The molecule has 3 rings (SSSR count). The summed E-state index contributed by atoms with van der Waals surface area (Å²) < 4.78 is 10.5. The third-order valence-electron chi connectivity index (χ3n) is 3.60. The molecule has 5 nitrogen and oxygen atoms in total. The minimum absolute atomic E-state index is 0.195. The van der Waals surface area contributed by atoms with Gasteiger partial charge in [0.05, 0.1) is 7.11 Å². The number of hydrogen-bond acceptors (Lipinski definition) is 4. The van der Waals surface area contributed by atoms with Crippen LogP contribution in [0.2, 0.25) is 0 Å². The highest BCUT2D eigenvalue weighted by Gasteiger charge is 2.12. The van der Waals surface area contributed by atoms with Crippen LogP contribution in [0.25, 0.3) is 11.1 Å². The molecule has 0 aliphatic carbocycles. The molecule has 0 unspecified atom stereocenters. The van der Waals surface area contributed by atoms with E-state index in [1.165, 1.54) is 7.11 Å². The molecule has 2 aromatic carbocycles. The lowest BCUT2D eigenvalue weighted by atomic mass is 10.1. The number of pyridine rings is 1. The first-order valence-corrected chi connectivity index (χ1v) is 7.83. The first-order chi connectivity index (χ1) is 12.3. The van der Waals surface area contributed by atoms with Crippen LogP contribution in [-0.2, 0) is 11.3 Å². The van der Waals surface area contributed by atoms with Gasteiger partial charge in [0.2, 0.25) is 5.88 Å². The number of rotatable bonds is 5. The van der Waals surface area contributed by atoms with Crippen molar-refractivity contribution < 1.29 is 14.3 Å². The zero-order valence-electron chi connectivity index (χ0n) is 13.8. The highest BCUT2D eigenvalue weighted by molar-refractivity contribution is 5.87. The molecule has 0 atom stereocenters. The Bertz CT molecular complexity index is 836. The van der Waals surface area contributed by atoms with Gasteiger partial charge < -0.3 is 9.47 Å². The highest BCUT2D eigenvalue weighted by atomic mass is 16.5. The largest absolute Gasteiger partial charge is 0.480 e. The molecule has 0 fully saturated rings. The summed E-state index contributed by atoms with van der Waals surface area (Å²) in [5.41, 5.74) is 3.25. The van der Waals surface area contributed by atoms with Crippen molar-refractivity contribution in [2.45, 2.75) is 6.61 Å². The normalized spacial score (nSPS) is 10.1. The molecule has 0 saturated carbocycles. The van der Waals surface area contributed by atoms with Gasteiger partial charge in [-0.3, -0.25) is 5.32 Å². The average molecular weight is 334 g/mol. The predicted octanol–water partition coefficient (Wildman–Crippen LogP) is 4.51. The van der Waals surface area contributed by atoms with E-state index in [1.54, 1.807) is 6.20 Å². The second-order valence-electron chi connectivity index (χ2n) is 5.33. The van der Waals surface area contributed by atoms with E-state index in [9.17, 15) is 4.79 Å². The van der Waals surface area contributed by atoms with Crippen molar-refractivity contribution in [1.29, 1.82) is 0 Å². The van der Waals surface area contributed by atoms with Gasteiger partial charge in [0.15, 0.2) is 0 Å². The Labute approximate surface area is 146 Å². The van der Waals surface area contributed by atoms with Gasteiger partial charge in [0.25, 0.3) is 0 Å². The fourth-order valence-corrected chi connectivity index (χ4v) is 2.36. The van der Waals surface area contributed by atoms with Crippen LogP contribution in [-0.4, -0.2) is 18.2 Å². The number of nitrogens with zero attached hydrogens (tertiary/aromatic N) is 1. The number of aromatic nitrogens is 1. The number of hydrogen-bond donors (Lipinski definition) is 1. The van der Waals surface area contributed by atoms with Gasteiger partial charge in [0, 0.05) is 11.8 Å². The number of methoxy groups -OCH3 is 1. The van der Waals surface area contributed by atoms with Gasteiger partial charge in [-0.2, -0.15) is 0 Å². The minimum Gasteiger partial charge on any atom is -0.480 e. The second kappa shape index (κ2) is 7.97. The van der Waals surface area contributed by atoms with Crippen molar-refractivity contribution in [2.75, 3.05) is 12.4 Å². The van der Waals surface area contributed by atoms with Crippen LogP contribution < -0.4 is 10.1 Å². The molecule has 5 heteroatoms. The molecule has 0 saturated heterocycles. The van der Waals surface area contributed by atoms with E-state index in [2.05, 4.69) is 10.3 Å². The fourth-order valence-electron chi connectivity index (χ4n) is 2.36. The van der Waals surface area contributed by atoms with Gasteiger partial charge in [-0.25, -0.2) is 9.78 Å². The van der Waals surface area contributed by atoms with E-state index in [0.29, 0.717) is 11.6 Å². The molecule has 1 amide bonds. The molecule has 1 heterocycles. The molecule has 0 radical (unpaired) electrons. The summed E-state index contributed by atoms with van der Waals surface area (Å²) in [7, 11) is 1.50. The van der Waals surface area contributed by atoms with Crippen LogP contribution in [0.1, 0.15) is 5.56 Å². The van der Waals surface area contributed by atoms with Gasteiger partial charge in [0.1, 0.15) is 12.3 Å². The third kappa shape index (κ3) is 4.35. The zero-order chi connectivity index (χ0) is 17.5. The topological polar surface area (TPSA) is 60.5 Å². The van der Waals surface area contributed by atoms with E-state index in [0.717, 1.165) is 16.7 Å². The van der Waals surface area contributed by atoms with Gasteiger partial charge in [-0.15, -0.1) is 0 Å². The van der Waals surface area contributed by atoms with Crippen molar-refractivity contribution in [3.63, 3.8) is 0 Å². The summed E-state index contributed by atoms with van der Waals surface area (Å²) in [5.74, 6) is 0.330. The van der Waals surface area contributed by atoms with Gasteiger partial charge >= 0.3 is 6.09 Å². The maximum absolute atomic E-state index is 12.1. The van der Waals surface area contributed by atoms with Crippen LogP contribution in [0.5, 0.6) is 5.88 Å². The van der Waals surface area contributed by atoms with Crippen molar-refractivity contribution in [3.8, 4) is 17.0 Å². The number of ether oxygens (including phenoxy) is 2. The molecule has 0 aliphatic heterocycles. The first kappa shape index (κ1) is 16.5. The Morgan fingerprint density at radius 2 is 1.68 bits per heavy atom. The summed E-state index contributed by atoms with van der Waals surface area (Å²) in [4.78, 5) is 16.3. The van der Waals surface area contributed by atoms with Crippen LogP contribution >= 0.6 is 0 Å². The average Bonchev–Trinajstić information content (AvgIpc) is 2.68. The standard InChI is InChI=1S/C20H18N2O3/c1-24-19-18(12-17(13-21-19)16-10-6-3-7-11-16)22-20(23)25-14-15-8-4-2-5-9-15/h2-13H,14H2,1H3,(H,22,23). The van der Waals surface area contributed by atoms with Gasteiger partial charge in [-0.1, -0.05) is 60.7 Å². The minimum atomic E-state index is -0.561. The summed E-state index contributed by atoms with van der Waals surface area (Å²) in [6.45, 7) is 0.195. The number of amides is 1. The number of carbonyl (C=O) groups is 1. The van der Waals surface area contributed by atoms with Crippen molar-refractivity contribution in [1.82, 2.24) is 4.98 Å². The summed E-state index contributed by atoms with van der Waals surface area (Å²) in [6, 6.07) is 21.1. The van der Waals surface area contributed by atoms with Crippen LogP contribution in [0.3, 0.4) is 0 Å². The molecule has 0 spiro atoms. The molecular formula is C20H18N2O3. The van der Waals surface area contributed by atoms with Crippen LogP contribution in [0.4, 0.5) is 10.5 Å². The Morgan fingerprint density at radius 3 is 2.36 bits per heavy atom. The number of benzene rings is 2. The Hall–Kier alpha value is -3.34. The van der Waals surface area contributed by atoms with Crippen LogP contribution in [0.15, 0.2) is 72.9 Å². The maximum atomic E-state index is 12.1. The molecule has 126 valence electrons. The predicted molar refractivity (Wildman–Crippen MR) is 96.5 cm³/mol. The summed E-state index contributed by atoms with van der Waals surface area (Å²) in [6.07, 6.45) is 1.14. The highest BCUT2D eigenvalue weighted by Crippen LogP contribution is 2.28. The van der Waals surface area contributed by atoms with Gasteiger partial charge in [-0.05, 0) is 17.2 Å².